The van der Waals surface area contributed by atoms with Gasteiger partial charge in [-0.05, 0) is 24.2 Å². The molecular weight excluding hydrogens is 196 g/mol. The molecule has 0 unspecified atom stereocenters. The van der Waals surface area contributed by atoms with Crippen LogP contribution in [-0.4, -0.2) is 20.6 Å². The van der Waals surface area contributed by atoms with Crippen LogP contribution in [0.15, 0.2) is 18.2 Å². The fourth-order valence-electron chi connectivity index (χ4n) is 1.29. The summed E-state index contributed by atoms with van der Waals surface area (Å²) in [6.45, 7) is 3.95. The zero-order chi connectivity index (χ0) is 10.6. The van der Waals surface area contributed by atoms with Gasteiger partial charge in [0.25, 0.3) is 0 Å². The molecule has 0 saturated heterocycles. The number of rotatable bonds is 4. The van der Waals surface area contributed by atoms with E-state index in [4.69, 9.17) is 11.6 Å². The van der Waals surface area contributed by atoms with E-state index in [1.807, 2.05) is 25.1 Å². The molecule has 0 aromatic heterocycles. The van der Waals surface area contributed by atoms with Crippen molar-refractivity contribution in [2.24, 2.45) is 0 Å². The fraction of sp³-hybridized carbons (Fsp3) is 0.455. The molecule has 0 atom stereocenters. The normalized spacial score (nSPS) is 10.3. The molecule has 0 radical (unpaired) electrons. The van der Waals surface area contributed by atoms with Crippen molar-refractivity contribution in [3.63, 3.8) is 0 Å². The number of nitrogens with one attached hydrogen (secondary N) is 1. The first-order valence-corrected chi connectivity index (χ1v) is 5.19. The van der Waals surface area contributed by atoms with E-state index >= 15 is 0 Å². The van der Waals surface area contributed by atoms with Crippen molar-refractivity contribution in [2.75, 3.05) is 25.5 Å². The lowest BCUT2D eigenvalue weighted by Crippen LogP contribution is -2.13. The van der Waals surface area contributed by atoms with Crippen LogP contribution in [0.5, 0.6) is 0 Å². The lowest BCUT2D eigenvalue weighted by atomic mass is 10.2. The molecule has 0 aliphatic heterocycles. The van der Waals surface area contributed by atoms with E-state index in [1.165, 1.54) is 5.56 Å². The van der Waals surface area contributed by atoms with E-state index in [0.29, 0.717) is 0 Å². The summed E-state index contributed by atoms with van der Waals surface area (Å²) < 4.78 is 0. The van der Waals surface area contributed by atoms with E-state index in [1.54, 1.807) is 0 Å². The molecule has 0 bridgehead atoms. The zero-order valence-corrected chi connectivity index (χ0v) is 9.73. The highest BCUT2D eigenvalue weighted by atomic mass is 35.5. The van der Waals surface area contributed by atoms with Crippen LogP contribution in [0, 0.1) is 0 Å². The second kappa shape index (κ2) is 5.23. The van der Waals surface area contributed by atoms with Crippen molar-refractivity contribution >= 4 is 17.3 Å². The number of hydrogen-bond donors (Lipinski definition) is 1. The topological polar surface area (TPSA) is 15.3 Å². The highest BCUT2D eigenvalue weighted by molar-refractivity contribution is 6.33. The van der Waals surface area contributed by atoms with Crippen LogP contribution in [-0.2, 0) is 6.54 Å². The summed E-state index contributed by atoms with van der Waals surface area (Å²) in [7, 11) is 3.98. The average molecular weight is 213 g/mol. The molecule has 0 heterocycles. The molecule has 1 aromatic rings. The molecule has 14 heavy (non-hydrogen) atoms. The molecule has 0 aliphatic carbocycles. The van der Waals surface area contributed by atoms with Gasteiger partial charge in [0.1, 0.15) is 0 Å². The second-order valence-corrected chi connectivity index (χ2v) is 3.87. The van der Waals surface area contributed by atoms with Crippen molar-refractivity contribution in [1.29, 1.82) is 0 Å². The maximum Gasteiger partial charge on any atom is 0.0642 e. The molecule has 0 aliphatic rings. The maximum absolute atomic E-state index is 6.13. The SMILES string of the molecule is CCNCc1ccc(N(C)C)c(Cl)c1. The van der Waals surface area contributed by atoms with Crippen molar-refractivity contribution in [2.45, 2.75) is 13.5 Å². The molecule has 1 rings (SSSR count). The Labute approximate surface area is 90.9 Å². The molecule has 2 nitrogen and oxygen atoms in total. The van der Waals surface area contributed by atoms with Crippen LogP contribution in [0.2, 0.25) is 5.02 Å². The first-order chi connectivity index (χ1) is 6.65. The van der Waals surface area contributed by atoms with E-state index in [0.717, 1.165) is 23.8 Å². The Morgan fingerprint density at radius 3 is 2.57 bits per heavy atom. The Kier molecular flexibility index (Phi) is 4.23. The molecular formula is C11H17ClN2. The van der Waals surface area contributed by atoms with E-state index < -0.39 is 0 Å². The van der Waals surface area contributed by atoms with Gasteiger partial charge in [-0.15, -0.1) is 0 Å². The van der Waals surface area contributed by atoms with Crippen molar-refractivity contribution in [3.05, 3.63) is 28.8 Å². The maximum atomic E-state index is 6.13. The molecule has 1 N–H and O–H groups in total. The highest BCUT2D eigenvalue weighted by Gasteiger charge is 2.02. The molecule has 0 saturated carbocycles. The summed E-state index contributed by atoms with van der Waals surface area (Å²) in [6.07, 6.45) is 0. The van der Waals surface area contributed by atoms with Crippen LogP contribution in [0.1, 0.15) is 12.5 Å². The minimum atomic E-state index is 0.811. The van der Waals surface area contributed by atoms with Gasteiger partial charge in [0.2, 0.25) is 0 Å². The molecule has 3 heteroatoms. The van der Waals surface area contributed by atoms with Gasteiger partial charge in [-0.2, -0.15) is 0 Å². The van der Waals surface area contributed by atoms with E-state index in [2.05, 4.69) is 24.4 Å². The van der Waals surface area contributed by atoms with Gasteiger partial charge >= 0.3 is 0 Å². The fourth-order valence-corrected chi connectivity index (χ4v) is 1.66. The van der Waals surface area contributed by atoms with E-state index in [-0.39, 0.29) is 0 Å². The molecule has 78 valence electrons. The Hall–Kier alpha value is -0.730. The lowest BCUT2D eigenvalue weighted by molar-refractivity contribution is 0.727. The molecule has 0 amide bonds. The standard InChI is InChI=1S/C11H17ClN2/c1-4-13-8-9-5-6-11(14(2)3)10(12)7-9/h5-7,13H,4,8H2,1-3H3. The predicted octanol–water partition coefficient (Wildman–Crippen LogP) is 2.52. The average Bonchev–Trinajstić information content (AvgIpc) is 2.14. The quantitative estimate of drug-likeness (QED) is 0.825. The second-order valence-electron chi connectivity index (χ2n) is 3.46. The summed E-state index contributed by atoms with van der Waals surface area (Å²) in [5.41, 5.74) is 2.29. The third-order valence-corrected chi connectivity index (χ3v) is 2.38. The Bertz CT molecular complexity index is 297. The van der Waals surface area contributed by atoms with Crippen LogP contribution in [0.4, 0.5) is 5.69 Å². The molecule has 0 fully saturated rings. The number of benzene rings is 1. The Morgan fingerprint density at radius 1 is 1.36 bits per heavy atom. The number of hydrogen-bond acceptors (Lipinski definition) is 2. The van der Waals surface area contributed by atoms with Crippen LogP contribution < -0.4 is 10.2 Å². The van der Waals surface area contributed by atoms with Gasteiger partial charge in [-0.1, -0.05) is 24.6 Å². The van der Waals surface area contributed by atoms with Gasteiger partial charge in [0.05, 0.1) is 10.7 Å². The largest absolute Gasteiger partial charge is 0.376 e. The smallest absolute Gasteiger partial charge is 0.0642 e. The van der Waals surface area contributed by atoms with Crippen LogP contribution in [0.3, 0.4) is 0 Å². The molecule has 0 spiro atoms. The highest BCUT2D eigenvalue weighted by Crippen LogP contribution is 2.24. The van der Waals surface area contributed by atoms with Crippen LogP contribution in [0.25, 0.3) is 0 Å². The summed E-state index contributed by atoms with van der Waals surface area (Å²) in [6, 6.07) is 6.17. The zero-order valence-electron chi connectivity index (χ0n) is 8.97. The van der Waals surface area contributed by atoms with Gasteiger partial charge in [0.15, 0.2) is 0 Å². The Balaban J connectivity index is 2.78. The third-order valence-electron chi connectivity index (χ3n) is 2.07. The summed E-state index contributed by atoms with van der Waals surface area (Å²) in [4.78, 5) is 2.01. The number of anilines is 1. The van der Waals surface area contributed by atoms with Gasteiger partial charge in [0, 0.05) is 20.6 Å². The number of nitrogens with zero attached hydrogens (tertiary/aromatic N) is 1. The van der Waals surface area contributed by atoms with Crippen molar-refractivity contribution in [3.8, 4) is 0 Å². The summed E-state index contributed by atoms with van der Waals surface area (Å²) in [5, 5.41) is 4.08. The minimum absolute atomic E-state index is 0.811. The first-order valence-electron chi connectivity index (χ1n) is 4.81. The third kappa shape index (κ3) is 2.89. The Morgan fingerprint density at radius 2 is 2.07 bits per heavy atom. The van der Waals surface area contributed by atoms with Gasteiger partial charge in [-0.3, -0.25) is 0 Å². The lowest BCUT2D eigenvalue weighted by Gasteiger charge is -2.15. The van der Waals surface area contributed by atoms with Crippen molar-refractivity contribution < 1.29 is 0 Å². The van der Waals surface area contributed by atoms with Gasteiger partial charge < -0.3 is 10.2 Å². The van der Waals surface area contributed by atoms with Crippen molar-refractivity contribution in [1.82, 2.24) is 5.32 Å². The monoisotopic (exact) mass is 212 g/mol. The van der Waals surface area contributed by atoms with E-state index in [9.17, 15) is 0 Å². The number of halogens is 1. The predicted molar refractivity (Wildman–Crippen MR) is 63.2 cm³/mol. The minimum Gasteiger partial charge on any atom is -0.376 e. The summed E-state index contributed by atoms with van der Waals surface area (Å²) >= 11 is 6.13. The molecule has 1 aromatic carbocycles. The van der Waals surface area contributed by atoms with Crippen LogP contribution >= 0.6 is 11.6 Å². The van der Waals surface area contributed by atoms with Gasteiger partial charge in [-0.25, -0.2) is 0 Å². The summed E-state index contributed by atoms with van der Waals surface area (Å²) in [5.74, 6) is 0. The first kappa shape index (κ1) is 11.3.